The summed E-state index contributed by atoms with van der Waals surface area (Å²) in [6.07, 6.45) is 5.40. The minimum absolute atomic E-state index is 0.0829. The van der Waals surface area contributed by atoms with Crippen molar-refractivity contribution in [3.8, 4) is 0 Å². The number of rotatable bonds is 6. The van der Waals surface area contributed by atoms with Crippen LogP contribution in [0.1, 0.15) is 43.7 Å². The molecule has 3 rings (SSSR count). The lowest BCUT2D eigenvalue weighted by molar-refractivity contribution is 0.110. The summed E-state index contributed by atoms with van der Waals surface area (Å²) in [6, 6.07) is 10.2. The van der Waals surface area contributed by atoms with Gasteiger partial charge in [0.15, 0.2) is 0 Å². The Morgan fingerprint density at radius 3 is 2.45 bits per heavy atom. The first-order valence-electron chi connectivity index (χ1n) is 8.40. The number of aliphatic hydroxyl groups is 1. The van der Waals surface area contributed by atoms with Gasteiger partial charge in [0.1, 0.15) is 0 Å². The summed E-state index contributed by atoms with van der Waals surface area (Å²) >= 11 is 0. The number of amides is 2. The smallest absolute Gasteiger partial charge is 0.317 e. The molecule has 0 spiro atoms. The van der Waals surface area contributed by atoms with Crippen LogP contribution in [0.4, 0.5) is 4.79 Å². The fraction of sp³-hybridized carbons (Fsp3) is 0.611. The molecular weight excluding hydrogens is 276 g/mol. The average molecular weight is 302 g/mol. The second kappa shape index (κ2) is 6.69. The lowest BCUT2D eigenvalue weighted by Crippen LogP contribution is -2.45. The number of likely N-dealkylation sites (N-methyl/N-ethyl adjacent to an activating group) is 1. The lowest BCUT2D eigenvalue weighted by Gasteiger charge is -2.35. The molecule has 2 atom stereocenters. The SMILES string of the molecule is CN(CC(O)C1CC1)C(=O)NC(c1ccccc1)C1CCC1. The van der Waals surface area contributed by atoms with E-state index in [-0.39, 0.29) is 18.2 Å². The molecule has 2 amide bonds. The van der Waals surface area contributed by atoms with Gasteiger partial charge in [0.05, 0.1) is 12.1 Å². The summed E-state index contributed by atoms with van der Waals surface area (Å²) in [5, 5.41) is 13.2. The van der Waals surface area contributed by atoms with Crippen LogP contribution in [0.5, 0.6) is 0 Å². The Kier molecular flexibility index (Phi) is 4.67. The number of nitrogens with one attached hydrogen (secondary N) is 1. The Balaban J connectivity index is 1.60. The monoisotopic (exact) mass is 302 g/mol. The van der Waals surface area contributed by atoms with Crippen LogP contribution in [-0.2, 0) is 0 Å². The zero-order valence-electron chi connectivity index (χ0n) is 13.2. The highest BCUT2D eigenvalue weighted by Gasteiger charge is 2.33. The Hall–Kier alpha value is -1.55. The summed E-state index contributed by atoms with van der Waals surface area (Å²) in [5.41, 5.74) is 1.18. The molecule has 2 aliphatic rings. The largest absolute Gasteiger partial charge is 0.391 e. The van der Waals surface area contributed by atoms with Gasteiger partial charge in [0, 0.05) is 13.6 Å². The van der Waals surface area contributed by atoms with E-state index in [0.717, 1.165) is 12.8 Å². The maximum Gasteiger partial charge on any atom is 0.317 e. The maximum absolute atomic E-state index is 12.5. The van der Waals surface area contributed by atoms with Crippen molar-refractivity contribution in [1.82, 2.24) is 10.2 Å². The van der Waals surface area contributed by atoms with E-state index in [9.17, 15) is 9.90 Å². The second-order valence-electron chi connectivity index (χ2n) is 6.81. The molecule has 0 heterocycles. The van der Waals surface area contributed by atoms with E-state index >= 15 is 0 Å². The number of aliphatic hydroxyl groups excluding tert-OH is 1. The molecule has 22 heavy (non-hydrogen) atoms. The molecule has 1 aromatic rings. The molecule has 0 bridgehead atoms. The van der Waals surface area contributed by atoms with Crippen LogP contribution >= 0.6 is 0 Å². The molecule has 4 heteroatoms. The molecule has 120 valence electrons. The van der Waals surface area contributed by atoms with Crippen molar-refractivity contribution in [3.05, 3.63) is 35.9 Å². The van der Waals surface area contributed by atoms with E-state index in [1.807, 2.05) is 18.2 Å². The van der Waals surface area contributed by atoms with Crippen molar-refractivity contribution in [2.45, 2.75) is 44.2 Å². The van der Waals surface area contributed by atoms with E-state index in [2.05, 4.69) is 17.4 Å². The third kappa shape index (κ3) is 3.61. The standard InChI is InChI=1S/C18H26N2O2/c1-20(12-16(21)13-10-11-13)18(22)19-17(15-8-5-9-15)14-6-3-2-4-7-14/h2-4,6-7,13,15-17,21H,5,8-12H2,1H3,(H,19,22). The molecule has 0 aliphatic heterocycles. The highest BCUT2D eigenvalue weighted by atomic mass is 16.3. The third-order valence-corrected chi connectivity index (χ3v) is 5.03. The van der Waals surface area contributed by atoms with E-state index < -0.39 is 0 Å². The summed E-state index contributed by atoms with van der Waals surface area (Å²) in [7, 11) is 1.77. The molecule has 0 aromatic heterocycles. The Morgan fingerprint density at radius 2 is 1.91 bits per heavy atom. The number of carbonyl (C=O) groups is 1. The van der Waals surface area contributed by atoms with E-state index in [0.29, 0.717) is 18.4 Å². The van der Waals surface area contributed by atoms with Crippen molar-refractivity contribution in [2.75, 3.05) is 13.6 Å². The van der Waals surface area contributed by atoms with Crippen LogP contribution < -0.4 is 5.32 Å². The van der Waals surface area contributed by atoms with E-state index in [1.165, 1.54) is 24.8 Å². The number of nitrogens with zero attached hydrogens (tertiary/aromatic N) is 1. The fourth-order valence-electron chi connectivity index (χ4n) is 3.14. The van der Waals surface area contributed by atoms with Crippen molar-refractivity contribution >= 4 is 6.03 Å². The van der Waals surface area contributed by atoms with Crippen LogP contribution in [-0.4, -0.2) is 35.7 Å². The summed E-state index contributed by atoms with van der Waals surface area (Å²) in [5.74, 6) is 0.930. The van der Waals surface area contributed by atoms with Crippen LogP contribution in [0.15, 0.2) is 30.3 Å². The van der Waals surface area contributed by atoms with Gasteiger partial charge in [-0.15, -0.1) is 0 Å². The number of hydrogen-bond donors (Lipinski definition) is 2. The first-order chi connectivity index (χ1) is 10.6. The predicted octanol–water partition coefficient (Wildman–Crippen LogP) is 2.94. The molecule has 2 aliphatic carbocycles. The zero-order valence-corrected chi connectivity index (χ0v) is 13.2. The summed E-state index contributed by atoms with van der Waals surface area (Å²) < 4.78 is 0. The summed E-state index contributed by atoms with van der Waals surface area (Å²) in [6.45, 7) is 0.419. The van der Waals surface area contributed by atoms with Crippen LogP contribution in [0.25, 0.3) is 0 Å². The molecular formula is C18H26N2O2. The normalized spacial score (nSPS) is 20.8. The Morgan fingerprint density at radius 1 is 1.23 bits per heavy atom. The molecule has 0 saturated heterocycles. The van der Waals surface area contributed by atoms with Gasteiger partial charge in [-0.2, -0.15) is 0 Å². The molecule has 2 unspecified atom stereocenters. The lowest BCUT2D eigenvalue weighted by atomic mass is 9.77. The van der Waals surface area contributed by atoms with Gasteiger partial charge in [-0.25, -0.2) is 4.79 Å². The molecule has 1 aromatic carbocycles. The molecule has 2 fully saturated rings. The first-order valence-corrected chi connectivity index (χ1v) is 8.40. The maximum atomic E-state index is 12.5. The van der Waals surface area contributed by atoms with Gasteiger partial charge < -0.3 is 15.3 Å². The van der Waals surface area contributed by atoms with Gasteiger partial charge >= 0.3 is 6.03 Å². The highest BCUT2D eigenvalue weighted by Crippen LogP contribution is 2.38. The highest BCUT2D eigenvalue weighted by molar-refractivity contribution is 5.74. The number of hydrogen-bond acceptors (Lipinski definition) is 2. The van der Waals surface area contributed by atoms with Crippen LogP contribution in [0.2, 0.25) is 0 Å². The molecule has 0 radical (unpaired) electrons. The summed E-state index contributed by atoms with van der Waals surface area (Å²) in [4.78, 5) is 14.1. The minimum atomic E-state index is -0.380. The molecule has 2 N–H and O–H groups in total. The minimum Gasteiger partial charge on any atom is -0.391 e. The van der Waals surface area contributed by atoms with Crippen LogP contribution in [0.3, 0.4) is 0 Å². The topological polar surface area (TPSA) is 52.6 Å². The average Bonchev–Trinajstić information content (AvgIpc) is 3.30. The quantitative estimate of drug-likeness (QED) is 0.849. The van der Waals surface area contributed by atoms with E-state index in [4.69, 9.17) is 0 Å². The molecule has 2 saturated carbocycles. The number of benzene rings is 1. The van der Waals surface area contributed by atoms with Gasteiger partial charge in [0.25, 0.3) is 0 Å². The third-order valence-electron chi connectivity index (χ3n) is 5.03. The van der Waals surface area contributed by atoms with Gasteiger partial charge in [-0.1, -0.05) is 36.8 Å². The second-order valence-corrected chi connectivity index (χ2v) is 6.81. The Labute approximate surface area is 132 Å². The predicted molar refractivity (Wildman–Crippen MR) is 86.4 cm³/mol. The van der Waals surface area contributed by atoms with Crippen molar-refractivity contribution in [3.63, 3.8) is 0 Å². The van der Waals surface area contributed by atoms with Gasteiger partial charge in [0.2, 0.25) is 0 Å². The number of urea groups is 1. The van der Waals surface area contributed by atoms with Crippen molar-refractivity contribution < 1.29 is 9.90 Å². The molecule has 4 nitrogen and oxygen atoms in total. The van der Waals surface area contributed by atoms with Crippen LogP contribution in [0, 0.1) is 11.8 Å². The first kappa shape index (κ1) is 15.3. The fourth-order valence-corrected chi connectivity index (χ4v) is 3.14. The van der Waals surface area contributed by atoms with E-state index in [1.54, 1.807) is 11.9 Å². The van der Waals surface area contributed by atoms with Gasteiger partial charge in [-0.3, -0.25) is 0 Å². The Bertz CT molecular complexity index is 497. The van der Waals surface area contributed by atoms with Gasteiger partial charge in [-0.05, 0) is 43.1 Å². The number of carbonyl (C=O) groups excluding carboxylic acids is 1. The van der Waals surface area contributed by atoms with Crippen molar-refractivity contribution in [2.24, 2.45) is 11.8 Å². The zero-order chi connectivity index (χ0) is 15.5. The van der Waals surface area contributed by atoms with Crippen molar-refractivity contribution in [1.29, 1.82) is 0 Å².